The number of benzene rings is 1. The van der Waals surface area contributed by atoms with Crippen LogP contribution in [-0.2, 0) is 4.79 Å². The first kappa shape index (κ1) is 19.2. The van der Waals surface area contributed by atoms with E-state index in [4.69, 9.17) is 0 Å². The van der Waals surface area contributed by atoms with Crippen LogP contribution in [0.15, 0.2) is 24.3 Å². The molecule has 1 aromatic carbocycles. The van der Waals surface area contributed by atoms with E-state index in [0.717, 1.165) is 12.1 Å². The van der Waals surface area contributed by atoms with Gasteiger partial charge in [-0.3, -0.25) is 9.69 Å². The van der Waals surface area contributed by atoms with Gasteiger partial charge in [-0.05, 0) is 52.1 Å². The minimum absolute atomic E-state index is 0.292. The molecule has 23 heavy (non-hydrogen) atoms. The molecule has 0 heterocycles. The van der Waals surface area contributed by atoms with E-state index in [1.807, 2.05) is 0 Å². The van der Waals surface area contributed by atoms with E-state index >= 15 is 0 Å². The van der Waals surface area contributed by atoms with Crippen molar-refractivity contribution >= 4 is 11.6 Å². The molecule has 0 fully saturated rings. The van der Waals surface area contributed by atoms with Crippen LogP contribution in [0.25, 0.3) is 0 Å². The highest BCUT2D eigenvalue weighted by atomic mass is 19.4. The monoisotopic (exact) mass is 334 g/mol. The maximum Gasteiger partial charge on any atom is 0.573 e. The maximum atomic E-state index is 12.1. The number of likely N-dealkylation sites (N-methyl/N-ethyl adjacent to an activating group) is 1. The molecule has 130 valence electrons. The van der Waals surface area contributed by atoms with Gasteiger partial charge < -0.3 is 15.2 Å². The Morgan fingerprint density at radius 2 is 1.83 bits per heavy atom. The van der Waals surface area contributed by atoms with Gasteiger partial charge in [0, 0.05) is 12.2 Å². The molecule has 2 N–H and O–H groups in total. The summed E-state index contributed by atoms with van der Waals surface area (Å²) in [4.78, 5) is 13.8. The Hall–Kier alpha value is -1.80. The Bertz CT molecular complexity index is 524. The molecule has 1 unspecified atom stereocenters. The molecule has 1 amide bonds. The number of hydrogen-bond acceptors (Lipinski definition) is 4. The Kier molecular flexibility index (Phi) is 6.01. The van der Waals surface area contributed by atoms with Crippen molar-refractivity contribution < 1.29 is 27.8 Å². The van der Waals surface area contributed by atoms with E-state index in [2.05, 4.69) is 10.1 Å². The van der Waals surface area contributed by atoms with Crippen LogP contribution in [0, 0.1) is 0 Å². The number of carbonyl (C=O) groups is 1. The first-order valence-electron chi connectivity index (χ1n) is 6.97. The highest BCUT2D eigenvalue weighted by Gasteiger charge is 2.31. The molecule has 0 bridgehead atoms. The van der Waals surface area contributed by atoms with Crippen molar-refractivity contribution in [2.45, 2.75) is 38.8 Å². The van der Waals surface area contributed by atoms with Crippen molar-refractivity contribution in [2.24, 2.45) is 0 Å². The van der Waals surface area contributed by atoms with Gasteiger partial charge in [0.1, 0.15) is 5.75 Å². The van der Waals surface area contributed by atoms with Gasteiger partial charge in [-0.2, -0.15) is 0 Å². The molecule has 0 aromatic heterocycles. The van der Waals surface area contributed by atoms with Crippen LogP contribution in [0.4, 0.5) is 18.9 Å². The first-order chi connectivity index (χ1) is 10.4. The predicted octanol–water partition coefficient (Wildman–Crippen LogP) is 2.61. The number of nitrogens with one attached hydrogen (secondary N) is 1. The second-order valence-corrected chi connectivity index (χ2v) is 5.96. The van der Waals surface area contributed by atoms with Gasteiger partial charge in [-0.1, -0.05) is 0 Å². The molecule has 1 atom stereocenters. The highest BCUT2D eigenvalue weighted by Crippen LogP contribution is 2.24. The van der Waals surface area contributed by atoms with Crippen molar-refractivity contribution in [2.75, 3.05) is 18.9 Å². The van der Waals surface area contributed by atoms with Crippen molar-refractivity contribution in [3.8, 4) is 5.75 Å². The van der Waals surface area contributed by atoms with Crippen LogP contribution in [0.3, 0.4) is 0 Å². The molecule has 0 spiro atoms. The number of hydrogen-bond donors (Lipinski definition) is 2. The van der Waals surface area contributed by atoms with Gasteiger partial charge in [0.25, 0.3) is 0 Å². The Labute approximate surface area is 133 Å². The summed E-state index contributed by atoms with van der Waals surface area (Å²) < 4.78 is 39.9. The van der Waals surface area contributed by atoms with Gasteiger partial charge in [0.05, 0.1) is 11.6 Å². The topological polar surface area (TPSA) is 61.8 Å². The zero-order valence-electron chi connectivity index (χ0n) is 13.4. The maximum absolute atomic E-state index is 12.1. The number of rotatable bonds is 6. The number of aliphatic hydroxyl groups is 1. The number of nitrogens with zero attached hydrogens (tertiary/aromatic N) is 1. The fraction of sp³-hybridized carbons (Fsp3) is 0.533. The SMILES string of the molecule is CC(C(=O)Nc1ccc(OC(F)(F)F)cc1)N(C)CC(C)(C)O. The van der Waals surface area contributed by atoms with Crippen molar-refractivity contribution in [1.29, 1.82) is 0 Å². The van der Waals surface area contributed by atoms with Crippen LogP contribution < -0.4 is 10.1 Å². The summed E-state index contributed by atoms with van der Waals surface area (Å²) in [6.07, 6.45) is -4.75. The largest absolute Gasteiger partial charge is 0.573 e. The van der Waals surface area contributed by atoms with E-state index in [1.54, 1.807) is 32.7 Å². The summed E-state index contributed by atoms with van der Waals surface area (Å²) in [7, 11) is 1.70. The zero-order chi connectivity index (χ0) is 17.8. The van der Waals surface area contributed by atoms with Crippen LogP contribution >= 0.6 is 0 Å². The molecule has 0 aliphatic rings. The molecule has 1 aromatic rings. The van der Waals surface area contributed by atoms with E-state index < -0.39 is 18.0 Å². The zero-order valence-corrected chi connectivity index (χ0v) is 13.4. The summed E-state index contributed by atoms with van der Waals surface area (Å²) >= 11 is 0. The van der Waals surface area contributed by atoms with Crippen LogP contribution in [0.5, 0.6) is 5.75 Å². The minimum Gasteiger partial charge on any atom is -0.406 e. The lowest BCUT2D eigenvalue weighted by Crippen LogP contribution is -2.46. The van der Waals surface area contributed by atoms with Crippen LogP contribution in [-0.4, -0.2) is 47.5 Å². The highest BCUT2D eigenvalue weighted by molar-refractivity contribution is 5.94. The number of carbonyl (C=O) groups excluding carboxylic acids is 1. The predicted molar refractivity (Wildman–Crippen MR) is 80.1 cm³/mol. The minimum atomic E-state index is -4.75. The van der Waals surface area contributed by atoms with E-state index in [1.165, 1.54) is 12.1 Å². The molecule has 8 heteroatoms. The number of anilines is 1. The molecule has 5 nitrogen and oxygen atoms in total. The second kappa shape index (κ2) is 7.18. The number of alkyl halides is 3. The van der Waals surface area contributed by atoms with Gasteiger partial charge >= 0.3 is 6.36 Å². The summed E-state index contributed by atoms with van der Waals surface area (Å²) in [6.45, 7) is 5.23. The van der Waals surface area contributed by atoms with Gasteiger partial charge in [0.2, 0.25) is 5.91 Å². The second-order valence-electron chi connectivity index (χ2n) is 5.96. The van der Waals surface area contributed by atoms with Gasteiger partial charge in [-0.25, -0.2) is 0 Å². The van der Waals surface area contributed by atoms with Crippen LogP contribution in [0.1, 0.15) is 20.8 Å². The lowest BCUT2D eigenvalue weighted by atomic mass is 10.1. The molecule has 0 saturated heterocycles. The van der Waals surface area contributed by atoms with E-state index in [9.17, 15) is 23.1 Å². The Balaban J connectivity index is 2.63. The van der Waals surface area contributed by atoms with Crippen LogP contribution in [0.2, 0.25) is 0 Å². The third-order valence-electron chi connectivity index (χ3n) is 3.03. The number of amides is 1. The molecule has 0 aliphatic carbocycles. The Morgan fingerprint density at radius 1 is 1.30 bits per heavy atom. The van der Waals surface area contributed by atoms with Crippen molar-refractivity contribution in [3.05, 3.63) is 24.3 Å². The quantitative estimate of drug-likeness (QED) is 0.839. The molecule has 1 rings (SSSR count). The molecular weight excluding hydrogens is 313 g/mol. The van der Waals surface area contributed by atoms with Gasteiger partial charge in [0.15, 0.2) is 0 Å². The smallest absolute Gasteiger partial charge is 0.406 e. The van der Waals surface area contributed by atoms with E-state index in [-0.39, 0.29) is 11.7 Å². The fourth-order valence-electron chi connectivity index (χ4n) is 1.93. The third kappa shape index (κ3) is 7.34. The van der Waals surface area contributed by atoms with Gasteiger partial charge in [-0.15, -0.1) is 13.2 Å². The first-order valence-corrected chi connectivity index (χ1v) is 6.97. The standard InChI is InChI=1S/C15H21F3N2O3/c1-10(20(4)9-14(2,3)22)13(21)19-11-5-7-12(8-6-11)23-15(16,17)18/h5-8,10,22H,9H2,1-4H3,(H,19,21). The molecule has 0 radical (unpaired) electrons. The normalized spacial score (nSPS) is 13.8. The number of halogens is 3. The lowest BCUT2D eigenvalue weighted by molar-refractivity contribution is -0.274. The van der Waals surface area contributed by atoms with E-state index in [0.29, 0.717) is 12.2 Å². The summed E-state index contributed by atoms with van der Waals surface area (Å²) in [6, 6.07) is 4.36. The van der Waals surface area contributed by atoms with Crippen molar-refractivity contribution in [3.63, 3.8) is 0 Å². The summed E-state index contributed by atoms with van der Waals surface area (Å²) in [5.41, 5.74) is -0.590. The lowest BCUT2D eigenvalue weighted by Gasteiger charge is -2.29. The average molecular weight is 334 g/mol. The molecular formula is C15H21F3N2O3. The molecule has 0 saturated carbocycles. The molecule has 0 aliphatic heterocycles. The summed E-state index contributed by atoms with van der Waals surface area (Å²) in [5.74, 6) is -0.691. The number of ether oxygens (including phenoxy) is 1. The fourth-order valence-corrected chi connectivity index (χ4v) is 1.93. The van der Waals surface area contributed by atoms with Crippen molar-refractivity contribution in [1.82, 2.24) is 4.90 Å². The summed E-state index contributed by atoms with van der Waals surface area (Å²) in [5, 5.41) is 12.4. The Morgan fingerprint density at radius 3 is 2.26 bits per heavy atom. The average Bonchev–Trinajstić information content (AvgIpc) is 2.36. The third-order valence-corrected chi connectivity index (χ3v) is 3.03.